The Labute approximate surface area is 114 Å². The molecule has 1 aromatic rings. The summed E-state index contributed by atoms with van der Waals surface area (Å²) in [6.07, 6.45) is 0.187. The van der Waals surface area contributed by atoms with Crippen LogP contribution in [-0.2, 0) is 14.9 Å². The summed E-state index contributed by atoms with van der Waals surface area (Å²) in [7, 11) is 0. The van der Waals surface area contributed by atoms with Gasteiger partial charge in [0.15, 0.2) is 0 Å². The zero-order valence-electron chi connectivity index (χ0n) is 11.4. The van der Waals surface area contributed by atoms with Crippen LogP contribution in [0.2, 0.25) is 0 Å². The Kier molecular flexibility index (Phi) is 3.73. The molecule has 2 heterocycles. The van der Waals surface area contributed by atoms with Gasteiger partial charge in [-0.15, -0.1) is 0 Å². The van der Waals surface area contributed by atoms with E-state index in [2.05, 4.69) is 23.5 Å². The summed E-state index contributed by atoms with van der Waals surface area (Å²) >= 11 is 0. The van der Waals surface area contributed by atoms with Gasteiger partial charge < -0.3 is 19.5 Å². The molecule has 2 saturated heterocycles. The summed E-state index contributed by atoms with van der Waals surface area (Å²) in [5.74, 6) is 0.926. The predicted octanol–water partition coefficient (Wildman–Crippen LogP) is 1.34. The summed E-state index contributed by atoms with van der Waals surface area (Å²) in [4.78, 5) is 0. The van der Waals surface area contributed by atoms with Crippen LogP contribution >= 0.6 is 0 Å². The lowest BCUT2D eigenvalue weighted by atomic mass is 9.73. The van der Waals surface area contributed by atoms with Gasteiger partial charge >= 0.3 is 0 Å². The second-order valence-corrected chi connectivity index (χ2v) is 5.17. The van der Waals surface area contributed by atoms with Crippen molar-refractivity contribution in [2.24, 2.45) is 0 Å². The van der Waals surface area contributed by atoms with Gasteiger partial charge in [-0.2, -0.15) is 0 Å². The molecule has 1 aromatic carbocycles. The fourth-order valence-electron chi connectivity index (χ4n) is 2.84. The van der Waals surface area contributed by atoms with Gasteiger partial charge in [0.05, 0.1) is 37.9 Å². The highest BCUT2D eigenvalue weighted by atomic mass is 16.5. The molecule has 0 spiro atoms. The lowest BCUT2D eigenvalue weighted by Crippen LogP contribution is -2.61. The molecular weight excluding hydrogens is 242 g/mol. The van der Waals surface area contributed by atoms with Gasteiger partial charge in [-0.05, 0) is 24.6 Å². The SMILES string of the molecule is CCOc1cccc(C2(C3CNCCO3)COC2)c1. The van der Waals surface area contributed by atoms with Gasteiger partial charge in [0.2, 0.25) is 0 Å². The quantitative estimate of drug-likeness (QED) is 0.890. The van der Waals surface area contributed by atoms with E-state index in [-0.39, 0.29) is 11.5 Å². The van der Waals surface area contributed by atoms with E-state index in [0.29, 0.717) is 6.61 Å². The van der Waals surface area contributed by atoms with Crippen molar-refractivity contribution in [3.63, 3.8) is 0 Å². The van der Waals surface area contributed by atoms with Crippen LogP contribution in [0.25, 0.3) is 0 Å². The normalized spacial score (nSPS) is 25.6. The van der Waals surface area contributed by atoms with Crippen LogP contribution in [0.15, 0.2) is 24.3 Å². The van der Waals surface area contributed by atoms with E-state index in [0.717, 1.165) is 38.7 Å². The van der Waals surface area contributed by atoms with Crippen LogP contribution < -0.4 is 10.1 Å². The smallest absolute Gasteiger partial charge is 0.119 e. The summed E-state index contributed by atoms with van der Waals surface area (Å²) in [6, 6.07) is 8.34. The van der Waals surface area contributed by atoms with E-state index in [1.54, 1.807) is 0 Å². The summed E-state index contributed by atoms with van der Waals surface area (Å²) in [5.41, 5.74) is 1.25. The maximum Gasteiger partial charge on any atom is 0.119 e. The molecule has 1 atom stereocenters. The van der Waals surface area contributed by atoms with Crippen LogP contribution in [0, 0.1) is 0 Å². The minimum Gasteiger partial charge on any atom is -0.494 e. The standard InChI is InChI=1S/C15H21NO3/c1-2-18-13-5-3-4-12(8-13)15(10-17-11-15)14-9-16-6-7-19-14/h3-5,8,14,16H,2,6-7,9-11H2,1H3. The highest BCUT2D eigenvalue weighted by Gasteiger charge is 2.48. The van der Waals surface area contributed by atoms with Crippen LogP contribution in [0.4, 0.5) is 0 Å². The zero-order valence-corrected chi connectivity index (χ0v) is 11.4. The molecule has 19 heavy (non-hydrogen) atoms. The van der Waals surface area contributed by atoms with Crippen molar-refractivity contribution < 1.29 is 14.2 Å². The van der Waals surface area contributed by atoms with Gasteiger partial charge in [-0.25, -0.2) is 0 Å². The second kappa shape index (κ2) is 5.49. The van der Waals surface area contributed by atoms with E-state index in [9.17, 15) is 0 Å². The lowest BCUT2D eigenvalue weighted by molar-refractivity contribution is -0.146. The van der Waals surface area contributed by atoms with Crippen molar-refractivity contribution in [2.75, 3.05) is 39.5 Å². The molecule has 4 heteroatoms. The van der Waals surface area contributed by atoms with Gasteiger partial charge in [0.25, 0.3) is 0 Å². The third-order valence-electron chi connectivity index (χ3n) is 3.98. The first kappa shape index (κ1) is 12.9. The van der Waals surface area contributed by atoms with Crippen molar-refractivity contribution >= 4 is 0 Å². The molecular formula is C15H21NO3. The third kappa shape index (κ3) is 2.36. The number of morpholine rings is 1. The second-order valence-electron chi connectivity index (χ2n) is 5.17. The Morgan fingerprint density at radius 3 is 2.95 bits per heavy atom. The number of rotatable bonds is 4. The molecule has 104 valence electrons. The average molecular weight is 263 g/mol. The maximum absolute atomic E-state index is 5.96. The van der Waals surface area contributed by atoms with Gasteiger partial charge in [-0.1, -0.05) is 12.1 Å². The van der Waals surface area contributed by atoms with E-state index in [4.69, 9.17) is 14.2 Å². The van der Waals surface area contributed by atoms with E-state index in [1.165, 1.54) is 5.56 Å². The minimum atomic E-state index is -0.0134. The van der Waals surface area contributed by atoms with Crippen LogP contribution in [-0.4, -0.2) is 45.6 Å². The lowest BCUT2D eigenvalue weighted by Gasteiger charge is -2.48. The predicted molar refractivity (Wildman–Crippen MR) is 72.7 cm³/mol. The summed E-state index contributed by atoms with van der Waals surface area (Å²) in [6.45, 7) is 6.76. The summed E-state index contributed by atoms with van der Waals surface area (Å²) < 4.78 is 17.1. The van der Waals surface area contributed by atoms with Gasteiger partial charge in [0, 0.05) is 13.1 Å². The molecule has 4 nitrogen and oxygen atoms in total. The Morgan fingerprint density at radius 1 is 1.42 bits per heavy atom. The van der Waals surface area contributed by atoms with Crippen molar-refractivity contribution in [3.8, 4) is 5.75 Å². The molecule has 0 radical (unpaired) electrons. The zero-order chi connectivity index (χ0) is 13.1. The van der Waals surface area contributed by atoms with Gasteiger partial charge in [-0.3, -0.25) is 0 Å². The molecule has 2 aliphatic rings. The third-order valence-corrected chi connectivity index (χ3v) is 3.98. The summed E-state index contributed by atoms with van der Waals surface area (Å²) in [5, 5.41) is 3.41. The van der Waals surface area contributed by atoms with E-state index >= 15 is 0 Å². The fourth-order valence-corrected chi connectivity index (χ4v) is 2.84. The van der Waals surface area contributed by atoms with Crippen LogP contribution in [0.3, 0.4) is 0 Å². The van der Waals surface area contributed by atoms with Crippen molar-refractivity contribution in [3.05, 3.63) is 29.8 Å². The Balaban J connectivity index is 1.86. The molecule has 0 bridgehead atoms. The molecule has 2 fully saturated rings. The molecule has 3 rings (SSSR count). The van der Waals surface area contributed by atoms with E-state index in [1.807, 2.05) is 13.0 Å². The first-order valence-corrected chi connectivity index (χ1v) is 6.98. The highest BCUT2D eigenvalue weighted by Crippen LogP contribution is 2.39. The molecule has 1 unspecified atom stereocenters. The maximum atomic E-state index is 5.96. The Bertz CT molecular complexity index is 425. The minimum absolute atomic E-state index is 0.0134. The topological polar surface area (TPSA) is 39.7 Å². The molecule has 0 aromatic heterocycles. The van der Waals surface area contributed by atoms with Crippen molar-refractivity contribution in [1.82, 2.24) is 5.32 Å². The largest absolute Gasteiger partial charge is 0.494 e. The molecule has 0 aliphatic carbocycles. The first-order chi connectivity index (χ1) is 9.35. The molecule has 0 amide bonds. The Morgan fingerprint density at radius 2 is 2.32 bits per heavy atom. The number of hydrogen-bond donors (Lipinski definition) is 1. The number of ether oxygens (including phenoxy) is 3. The molecule has 1 N–H and O–H groups in total. The van der Waals surface area contributed by atoms with Crippen molar-refractivity contribution in [1.29, 1.82) is 0 Å². The van der Waals surface area contributed by atoms with Crippen molar-refractivity contribution in [2.45, 2.75) is 18.4 Å². The molecule has 2 aliphatic heterocycles. The highest BCUT2D eigenvalue weighted by molar-refractivity contribution is 5.37. The fraction of sp³-hybridized carbons (Fsp3) is 0.600. The number of benzene rings is 1. The Hall–Kier alpha value is -1.10. The number of hydrogen-bond acceptors (Lipinski definition) is 4. The number of nitrogens with one attached hydrogen (secondary N) is 1. The van der Waals surface area contributed by atoms with E-state index < -0.39 is 0 Å². The van der Waals surface area contributed by atoms with Crippen LogP contribution in [0.5, 0.6) is 5.75 Å². The first-order valence-electron chi connectivity index (χ1n) is 6.98. The van der Waals surface area contributed by atoms with Crippen LogP contribution in [0.1, 0.15) is 12.5 Å². The molecule has 0 saturated carbocycles. The monoisotopic (exact) mass is 263 g/mol. The average Bonchev–Trinajstić information content (AvgIpc) is 2.40. The van der Waals surface area contributed by atoms with Gasteiger partial charge in [0.1, 0.15) is 5.75 Å².